The first-order valence-corrected chi connectivity index (χ1v) is 8.44. The van der Waals surface area contributed by atoms with Crippen LogP contribution < -0.4 is 5.32 Å². The molecule has 6 heteroatoms. The Morgan fingerprint density at radius 1 is 1.33 bits per heavy atom. The molecule has 2 atom stereocenters. The third-order valence-corrected chi connectivity index (χ3v) is 5.39. The predicted octanol–water partition coefficient (Wildman–Crippen LogP) is 3.41. The van der Waals surface area contributed by atoms with Crippen molar-refractivity contribution in [2.24, 2.45) is 5.41 Å². The molecule has 1 N–H and O–H groups in total. The van der Waals surface area contributed by atoms with Gasteiger partial charge in [-0.3, -0.25) is 4.79 Å². The molecule has 0 bridgehead atoms. The molecular weight excluding hydrogens is 317 g/mol. The number of piperidine rings is 1. The summed E-state index contributed by atoms with van der Waals surface area (Å²) in [6, 6.07) is 5.54. The minimum Gasteiger partial charge on any atom is -0.339 e. The van der Waals surface area contributed by atoms with Gasteiger partial charge in [-0.15, -0.1) is 0 Å². The van der Waals surface area contributed by atoms with Crippen molar-refractivity contribution in [2.75, 3.05) is 19.6 Å². The molecule has 0 radical (unpaired) electrons. The van der Waals surface area contributed by atoms with Crippen molar-refractivity contribution in [2.45, 2.75) is 44.8 Å². The molecule has 2 saturated heterocycles. The second-order valence-corrected chi connectivity index (χ2v) is 7.16. The lowest BCUT2D eigenvalue weighted by Crippen LogP contribution is -2.48. The van der Waals surface area contributed by atoms with Crippen LogP contribution in [0.4, 0.5) is 13.2 Å². The van der Waals surface area contributed by atoms with Gasteiger partial charge in [-0.2, -0.15) is 13.2 Å². The third kappa shape index (κ3) is 2.81. The van der Waals surface area contributed by atoms with E-state index in [0.717, 1.165) is 25.5 Å². The molecule has 2 unspecified atom stereocenters. The summed E-state index contributed by atoms with van der Waals surface area (Å²) < 4.78 is 39.2. The Morgan fingerprint density at radius 2 is 2.08 bits per heavy atom. The summed E-state index contributed by atoms with van der Waals surface area (Å²) in [6.45, 7) is 5.79. The fraction of sp³-hybridized carbons (Fsp3) is 0.611. The van der Waals surface area contributed by atoms with Gasteiger partial charge >= 0.3 is 6.18 Å². The van der Waals surface area contributed by atoms with Gasteiger partial charge in [-0.1, -0.05) is 18.2 Å². The summed E-state index contributed by atoms with van der Waals surface area (Å²) in [4.78, 5) is 14.9. The van der Waals surface area contributed by atoms with Crippen LogP contribution >= 0.6 is 0 Å². The van der Waals surface area contributed by atoms with E-state index in [1.807, 2.05) is 18.7 Å². The topological polar surface area (TPSA) is 32.3 Å². The molecule has 3 rings (SSSR count). The van der Waals surface area contributed by atoms with Crippen LogP contribution in [0.5, 0.6) is 0 Å². The molecule has 2 aliphatic rings. The van der Waals surface area contributed by atoms with Crippen LogP contribution in [0.25, 0.3) is 0 Å². The van der Waals surface area contributed by atoms with E-state index in [1.165, 1.54) is 12.1 Å². The van der Waals surface area contributed by atoms with Crippen molar-refractivity contribution >= 4 is 5.91 Å². The van der Waals surface area contributed by atoms with Gasteiger partial charge in [-0.25, -0.2) is 0 Å². The standard InChI is InChI=1S/C18H23F3N2O/c1-12(2)23-10-15(17(16(23)24)7-4-8-22-11-17)13-5-3-6-14(9-13)18(19,20)21/h3,5-6,9,12,15,22H,4,7-8,10-11H2,1-2H3. The van der Waals surface area contributed by atoms with Gasteiger partial charge in [0.15, 0.2) is 0 Å². The molecule has 2 heterocycles. The Morgan fingerprint density at radius 3 is 2.67 bits per heavy atom. The van der Waals surface area contributed by atoms with E-state index < -0.39 is 17.2 Å². The Hall–Kier alpha value is -1.56. The third-order valence-electron chi connectivity index (χ3n) is 5.39. The van der Waals surface area contributed by atoms with Crippen LogP contribution in [0, 0.1) is 5.41 Å². The molecule has 1 aromatic rings. The first kappa shape index (κ1) is 17.3. The molecule has 3 nitrogen and oxygen atoms in total. The van der Waals surface area contributed by atoms with Crippen LogP contribution in [0.2, 0.25) is 0 Å². The Bertz CT molecular complexity index is 621. The number of amides is 1. The summed E-state index contributed by atoms with van der Waals surface area (Å²) in [7, 11) is 0. The number of nitrogens with zero attached hydrogens (tertiary/aromatic N) is 1. The van der Waals surface area contributed by atoms with Crippen molar-refractivity contribution in [1.29, 1.82) is 0 Å². The van der Waals surface area contributed by atoms with Gasteiger partial charge in [0.05, 0.1) is 11.0 Å². The van der Waals surface area contributed by atoms with Crippen molar-refractivity contribution < 1.29 is 18.0 Å². The maximum absolute atomic E-state index is 13.1. The largest absolute Gasteiger partial charge is 0.416 e. The lowest BCUT2D eigenvalue weighted by Gasteiger charge is -2.37. The number of likely N-dealkylation sites (tertiary alicyclic amines) is 1. The molecule has 2 aliphatic heterocycles. The predicted molar refractivity (Wildman–Crippen MR) is 85.6 cm³/mol. The number of carbonyl (C=O) groups excluding carboxylic acids is 1. The van der Waals surface area contributed by atoms with E-state index in [0.29, 0.717) is 18.7 Å². The number of benzene rings is 1. The number of hydrogen-bond donors (Lipinski definition) is 1. The Labute approximate surface area is 140 Å². The molecule has 1 amide bonds. The van der Waals surface area contributed by atoms with E-state index in [9.17, 15) is 18.0 Å². The van der Waals surface area contributed by atoms with Gasteiger partial charge in [0, 0.05) is 25.0 Å². The van der Waals surface area contributed by atoms with E-state index >= 15 is 0 Å². The monoisotopic (exact) mass is 340 g/mol. The summed E-state index contributed by atoms with van der Waals surface area (Å²) in [5.41, 5.74) is -0.647. The lowest BCUT2D eigenvalue weighted by molar-refractivity contribution is -0.138. The average Bonchev–Trinajstić information content (AvgIpc) is 2.81. The lowest BCUT2D eigenvalue weighted by atomic mass is 9.69. The maximum Gasteiger partial charge on any atom is 0.416 e. The highest BCUT2D eigenvalue weighted by molar-refractivity contribution is 5.87. The minimum absolute atomic E-state index is 0.0482. The quantitative estimate of drug-likeness (QED) is 0.895. The number of hydrogen-bond acceptors (Lipinski definition) is 2. The van der Waals surface area contributed by atoms with E-state index in [2.05, 4.69) is 5.32 Å². The smallest absolute Gasteiger partial charge is 0.339 e. The molecule has 1 aromatic carbocycles. The van der Waals surface area contributed by atoms with Crippen LogP contribution in [0.3, 0.4) is 0 Å². The van der Waals surface area contributed by atoms with Gasteiger partial charge < -0.3 is 10.2 Å². The van der Waals surface area contributed by atoms with Crippen molar-refractivity contribution in [1.82, 2.24) is 10.2 Å². The first-order chi connectivity index (χ1) is 11.3. The summed E-state index contributed by atoms with van der Waals surface area (Å²) in [6.07, 6.45) is -2.77. The van der Waals surface area contributed by atoms with Crippen molar-refractivity contribution in [3.05, 3.63) is 35.4 Å². The van der Waals surface area contributed by atoms with Crippen LogP contribution in [-0.2, 0) is 11.0 Å². The highest BCUT2D eigenvalue weighted by Crippen LogP contribution is 2.49. The number of alkyl halides is 3. The van der Waals surface area contributed by atoms with Crippen molar-refractivity contribution in [3.8, 4) is 0 Å². The first-order valence-electron chi connectivity index (χ1n) is 8.44. The highest BCUT2D eigenvalue weighted by Gasteiger charge is 2.55. The summed E-state index contributed by atoms with van der Waals surface area (Å²) in [5, 5.41) is 3.28. The van der Waals surface area contributed by atoms with Gasteiger partial charge in [0.25, 0.3) is 0 Å². The van der Waals surface area contributed by atoms with Crippen molar-refractivity contribution in [3.63, 3.8) is 0 Å². The fourth-order valence-electron chi connectivity index (χ4n) is 4.10. The van der Waals surface area contributed by atoms with E-state index in [-0.39, 0.29) is 17.9 Å². The summed E-state index contributed by atoms with van der Waals surface area (Å²) >= 11 is 0. The van der Waals surface area contributed by atoms with E-state index in [4.69, 9.17) is 0 Å². The SMILES string of the molecule is CC(C)N1CC(c2cccc(C(F)(F)F)c2)C2(CCCNC2)C1=O. The van der Waals surface area contributed by atoms with Crippen LogP contribution in [0.1, 0.15) is 43.7 Å². The molecule has 132 valence electrons. The van der Waals surface area contributed by atoms with Crippen LogP contribution in [0.15, 0.2) is 24.3 Å². The molecule has 0 saturated carbocycles. The molecule has 0 aliphatic carbocycles. The number of rotatable bonds is 2. The highest BCUT2D eigenvalue weighted by atomic mass is 19.4. The molecule has 2 fully saturated rings. The number of carbonyl (C=O) groups is 1. The molecule has 1 spiro atoms. The number of nitrogens with one attached hydrogen (secondary N) is 1. The van der Waals surface area contributed by atoms with Crippen LogP contribution in [-0.4, -0.2) is 36.5 Å². The Kier molecular flexibility index (Phi) is 4.36. The number of halogens is 3. The molecular formula is C18H23F3N2O. The Balaban J connectivity index is 2.03. The van der Waals surface area contributed by atoms with Gasteiger partial charge in [-0.05, 0) is 44.9 Å². The van der Waals surface area contributed by atoms with Gasteiger partial charge in [0.1, 0.15) is 0 Å². The van der Waals surface area contributed by atoms with E-state index in [1.54, 1.807) is 6.07 Å². The maximum atomic E-state index is 13.1. The molecule has 24 heavy (non-hydrogen) atoms. The second kappa shape index (κ2) is 6.06. The van der Waals surface area contributed by atoms with Gasteiger partial charge in [0.2, 0.25) is 5.91 Å². The molecule has 0 aromatic heterocycles. The minimum atomic E-state index is -4.37. The zero-order chi connectivity index (χ0) is 17.5. The fourth-order valence-corrected chi connectivity index (χ4v) is 4.10. The normalized spacial score (nSPS) is 28.2. The zero-order valence-corrected chi connectivity index (χ0v) is 14.0. The average molecular weight is 340 g/mol. The zero-order valence-electron chi connectivity index (χ0n) is 14.0. The summed E-state index contributed by atoms with van der Waals surface area (Å²) in [5.74, 6) is -0.130. The second-order valence-electron chi connectivity index (χ2n) is 7.16.